The zero-order chi connectivity index (χ0) is 15.4. The van der Waals surface area contributed by atoms with Crippen LogP contribution in [0.1, 0.15) is 31.4 Å². The number of benzene rings is 1. The summed E-state index contributed by atoms with van der Waals surface area (Å²) < 4.78 is 12.9. The molecular formula is C16H23FN2O2. The van der Waals surface area contributed by atoms with Gasteiger partial charge in [0, 0.05) is 25.6 Å². The van der Waals surface area contributed by atoms with Gasteiger partial charge in [0.05, 0.1) is 6.10 Å². The Hall–Kier alpha value is -1.46. The van der Waals surface area contributed by atoms with E-state index in [0.29, 0.717) is 19.6 Å². The number of halogens is 1. The van der Waals surface area contributed by atoms with E-state index in [2.05, 4.69) is 0 Å². The summed E-state index contributed by atoms with van der Waals surface area (Å²) in [6.07, 6.45) is 0.901. The average Bonchev–Trinajstić information content (AvgIpc) is 2.53. The molecule has 116 valence electrons. The van der Waals surface area contributed by atoms with Gasteiger partial charge in [-0.2, -0.15) is 0 Å². The van der Waals surface area contributed by atoms with Crippen LogP contribution >= 0.6 is 0 Å². The molecule has 0 radical (unpaired) electrons. The van der Waals surface area contributed by atoms with E-state index >= 15 is 0 Å². The van der Waals surface area contributed by atoms with E-state index in [1.807, 2.05) is 11.8 Å². The molecule has 0 aromatic heterocycles. The minimum absolute atomic E-state index is 0.0900. The molecule has 0 aliphatic carbocycles. The number of nitrogens with two attached hydrogens (primary N) is 1. The third-order valence-corrected chi connectivity index (χ3v) is 4.28. The van der Waals surface area contributed by atoms with Gasteiger partial charge in [-0.1, -0.05) is 19.1 Å². The molecule has 2 unspecified atom stereocenters. The van der Waals surface area contributed by atoms with Crippen LogP contribution in [0.4, 0.5) is 4.39 Å². The second-order valence-electron chi connectivity index (χ2n) is 5.80. The summed E-state index contributed by atoms with van der Waals surface area (Å²) in [4.78, 5) is 13.9. The van der Waals surface area contributed by atoms with Crippen LogP contribution in [0.2, 0.25) is 0 Å². The number of carbonyl (C=O) groups excluding carboxylic acids is 1. The predicted octanol–water partition coefficient (Wildman–Crippen LogP) is 1.69. The van der Waals surface area contributed by atoms with Crippen molar-refractivity contribution in [2.75, 3.05) is 19.6 Å². The molecule has 1 aliphatic heterocycles. The van der Waals surface area contributed by atoms with Gasteiger partial charge >= 0.3 is 0 Å². The van der Waals surface area contributed by atoms with Crippen molar-refractivity contribution in [1.29, 1.82) is 0 Å². The Balaban J connectivity index is 1.91. The van der Waals surface area contributed by atoms with Gasteiger partial charge in [-0.15, -0.1) is 0 Å². The van der Waals surface area contributed by atoms with Gasteiger partial charge in [-0.25, -0.2) is 4.39 Å². The first kappa shape index (κ1) is 15.9. The Morgan fingerprint density at radius 2 is 1.95 bits per heavy atom. The van der Waals surface area contributed by atoms with Crippen LogP contribution in [0.15, 0.2) is 24.3 Å². The largest absolute Gasteiger partial charge is 0.388 e. The molecule has 21 heavy (non-hydrogen) atoms. The van der Waals surface area contributed by atoms with Gasteiger partial charge in [-0.05, 0) is 36.5 Å². The Morgan fingerprint density at radius 1 is 1.38 bits per heavy atom. The molecule has 0 bridgehead atoms. The van der Waals surface area contributed by atoms with Gasteiger partial charge in [0.1, 0.15) is 5.82 Å². The maximum absolute atomic E-state index is 12.9. The maximum atomic E-state index is 12.9. The molecule has 5 heteroatoms. The lowest BCUT2D eigenvalue weighted by molar-refractivity contribution is -0.136. The molecule has 0 saturated carbocycles. The van der Waals surface area contributed by atoms with Crippen molar-refractivity contribution in [2.45, 2.75) is 25.9 Å². The van der Waals surface area contributed by atoms with Crippen LogP contribution in [0.25, 0.3) is 0 Å². The van der Waals surface area contributed by atoms with Crippen molar-refractivity contribution >= 4 is 5.91 Å². The first-order valence-electron chi connectivity index (χ1n) is 7.45. The van der Waals surface area contributed by atoms with E-state index in [1.165, 1.54) is 12.1 Å². The summed E-state index contributed by atoms with van der Waals surface area (Å²) in [6.45, 7) is 3.48. The van der Waals surface area contributed by atoms with Crippen LogP contribution in [0, 0.1) is 17.7 Å². The first-order valence-corrected chi connectivity index (χ1v) is 7.45. The van der Waals surface area contributed by atoms with E-state index in [1.54, 1.807) is 12.1 Å². The third-order valence-electron chi connectivity index (χ3n) is 4.28. The number of nitrogens with zero attached hydrogens (tertiary/aromatic N) is 1. The molecule has 3 N–H and O–H groups in total. The van der Waals surface area contributed by atoms with Gasteiger partial charge < -0.3 is 15.7 Å². The van der Waals surface area contributed by atoms with Crippen LogP contribution in [0.5, 0.6) is 0 Å². The van der Waals surface area contributed by atoms with Crippen LogP contribution in [-0.4, -0.2) is 35.5 Å². The summed E-state index contributed by atoms with van der Waals surface area (Å²) in [6, 6.07) is 5.96. The van der Waals surface area contributed by atoms with Gasteiger partial charge in [-0.3, -0.25) is 4.79 Å². The van der Waals surface area contributed by atoms with Crippen molar-refractivity contribution in [1.82, 2.24) is 4.90 Å². The molecule has 2 rings (SSSR count). The maximum Gasteiger partial charge on any atom is 0.226 e. The van der Waals surface area contributed by atoms with Crippen LogP contribution < -0.4 is 5.73 Å². The van der Waals surface area contributed by atoms with Crippen molar-refractivity contribution in [3.63, 3.8) is 0 Å². The van der Waals surface area contributed by atoms with Gasteiger partial charge in [0.25, 0.3) is 0 Å². The lowest BCUT2D eigenvalue weighted by atomic mass is 9.87. The number of likely N-dealkylation sites (tertiary alicyclic amines) is 1. The number of amides is 1. The van der Waals surface area contributed by atoms with Crippen molar-refractivity contribution in [2.24, 2.45) is 17.6 Å². The number of carbonyl (C=O) groups is 1. The summed E-state index contributed by atoms with van der Waals surface area (Å²) >= 11 is 0. The standard InChI is InChI=1S/C16H23FN2O2/c1-11(10-18)16(21)19-8-6-13(7-9-19)15(20)12-2-4-14(17)5-3-12/h2-5,11,13,15,20H,6-10,18H2,1H3. The zero-order valence-corrected chi connectivity index (χ0v) is 12.3. The minimum Gasteiger partial charge on any atom is -0.388 e. The molecule has 1 aromatic carbocycles. The number of aliphatic hydroxyl groups is 1. The summed E-state index contributed by atoms with van der Waals surface area (Å²) in [7, 11) is 0. The first-order chi connectivity index (χ1) is 10.0. The van der Waals surface area contributed by atoms with E-state index in [0.717, 1.165) is 18.4 Å². The fraction of sp³-hybridized carbons (Fsp3) is 0.562. The zero-order valence-electron chi connectivity index (χ0n) is 12.3. The highest BCUT2D eigenvalue weighted by atomic mass is 19.1. The Morgan fingerprint density at radius 3 is 2.48 bits per heavy atom. The molecule has 1 aromatic rings. The molecule has 1 saturated heterocycles. The highest BCUT2D eigenvalue weighted by Crippen LogP contribution is 2.31. The van der Waals surface area contributed by atoms with Crippen molar-refractivity contribution in [3.05, 3.63) is 35.6 Å². The summed E-state index contributed by atoms with van der Waals surface area (Å²) in [5, 5.41) is 10.4. The van der Waals surface area contributed by atoms with E-state index in [-0.39, 0.29) is 23.6 Å². The highest BCUT2D eigenvalue weighted by Gasteiger charge is 2.29. The van der Waals surface area contributed by atoms with Crippen molar-refractivity contribution in [3.8, 4) is 0 Å². The van der Waals surface area contributed by atoms with Crippen LogP contribution in [0.3, 0.4) is 0 Å². The van der Waals surface area contributed by atoms with Gasteiger partial charge in [0.2, 0.25) is 5.91 Å². The van der Waals surface area contributed by atoms with E-state index in [9.17, 15) is 14.3 Å². The monoisotopic (exact) mass is 294 g/mol. The third kappa shape index (κ3) is 3.80. The molecule has 2 atom stereocenters. The lowest BCUT2D eigenvalue weighted by Gasteiger charge is -2.35. The number of hydrogen-bond donors (Lipinski definition) is 2. The fourth-order valence-corrected chi connectivity index (χ4v) is 2.78. The molecular weight excluding hydrogens is 271 g/mol. The topological polar surface area (TPSA) is 66.6 Å². The minimum atomic E-state index is -0.602. The molecule has 1 aliphatic rings. The number of aliphatic hydroxyl groups excluding tert-OH is 1. The Bertz CT molecular complexity index is 470. The lowest BCUT2D eigenvalue weighted by Crippen LogP contribution is -2.43. The quantitative estimate of drug-likeness (QED) is 0.888. The van der Waals surface area contributed by atoms with E-state index < -0.39 is 6.10 Å². The Kier molecular flexibility index (Phi) is 5.31. The highest BCUT2D eigenvalue weighted by molar-refractivity contribution is 5.78. The normalized spacial score (nSPS) is 19.3. The molecule has 0 spiro atoms. The number of hydrogen-bond acceptors (Lipinski definition) is 3. The predicted molar refractivity (Wildman–Crippen MR) is 78.9 cm³/mol. The van der Waals surface area contributed by atoms with Crippen LogP contribution in [-0.2, 0) is 4.79 Å². The smallest absolute Gasteiger partial charge is 0.226 e. The fourth-order valence-electron chi connectivity index (χ4n) is 2.78. The van der Waals surface area contributed by atoms with Crippen molar-refractivity contribution < 1.29 is 14.3 Å². The Labute approximate surface area is 124 Å². The summed E-state index contributed by atoms with van der Waals surface area (Å²) in [5.41, 5.74) is 6.26. The second-order valence-corrected chi connectivity index (χ2v) is 5.80. The van der Waals surface area contributed by atoms with E-state index in [4.69, 9.17) is 5.73 Å². The van der Waals surface area contributed by atoms with Gasteiger partial charge in [0.15, 0.2) is 0 Å². The molecule has 1 heterocycles. The second kappa shape index (κ2) is 7.00. The summed E-state index contributed by atoms with van der Waals surface area (Å²) in [5.74, 6) is -0.259. The molecule has 1 amide bonds. The molecule has 1 fully saturated rings. The molecule has 4 nitrogen and oxygen atoms in total. The number of piperidine rings is 1. The SMILES string of the molecule is CC(CN)C(=O)N1CCC(C(O)c2ccc(F)cc2)CC1. The number of rotatable bonds is 4. The average molecular weight is 294 g/mol.